The molecule has 2 heteroatoms. The van der Waals surface area contributed by atoms with Gasteiger partial charge in [-0.1, -0.05) is 5.92 Å². The average Bonchev–Trinajstić information content (AvgIpc) is 2.06. The van der Waals surface area contributed by atoms with Crippen molar-refractivity contribution in [2.24, 2.45) is 0 Å². The van der Waals surface area contributed by atoms with Crippen LogP contribution >= 0.6 is 0 Å². The summed E-state index contributed by atoms with van der Waals surface area (Å²) in [6.45, 7) is 3.37. The van der Waals surface area contributed by atoms with Crippen molar-refractivity contribution in [3.8, 4) is 11.8 Å². The van der Waals surface area contributed by atoms with Crippen molar-refractivity contribution in [2.45, 2.75) is 19.4 Å². The smallest absolute Gasteiger partial charge is 0.148 e. The van der Waals surface area contributed by atoms with E-state index in [1.807, 2.05) is 0 Å². The molecule has 0 aromatic carbocycles. The summed E-state index contributed by atoms with van der Waals surface area (Å²) in [5, 5.41) is 9.78. The predicted molar refractivity (Wildman–Crippen MR) is 47.3 cm³/mol. The molecular formula is C10H11NO. The number of hydrogen-bond donors (Lipinski definition) is 1. The highest BCUT2D eigenvalue weighted by Crippen LogP contribution is 2.17. The van der Waals surface area contributed by atoms with E-state index in [1.165, 1.54) is 0 Å². The molecule has 1 atom stereocenters. The van der Waals surface area contributed by atoms with Crippen molar-refractivity contribution in [1.82, 2.24) is 4.98 Å². The summed E-state index contributed by atoms with van der Waals surface area (Å²) >= 11 is 0. The third-order valence-electron chi connectivity index (χ3n) is 1.61. The summed E-state index contributed by atoms with van der Waals surface area (Å²) in [6, 6.07) is 3.51. The normalized spacial score (nSPS) is 14.2. The molecular weight excluding hydrogens is 150 g/mol. The minimum absolute atomic E-state index is 0.770. The van der Waals surface area contributed by atoms with Crippen molar-refractivity contribution >= 4 is 0 Å². The van der Waals surface area contributed by atoms with Crippen molar-refractivity contribution in [2.75, 3.05) is 0 Å². The first kappa shape index (κ1) is 8.76. The van der Waals surface area contributed by atoms with Crippen molar-refractivity contribution < 1.29 is 5.11 Å². The van der Waals surface area contributed by atoms with Gasteiger partial charge in [0.15, 0.2) is 0 Å². The molecule has 1 aromatic heterocycles. The van der Waals surface area contributed by atoms with E-state index < -0.39 is 5.60 Å². The number of rotatable bonds is 1. The maximum atomic E-state index is 9.78. The first-order valence-electron chi connectivity index (χ1n) is 3.73. The number of pyridine rings is 1. The monoisotopic (exact) mass is 161 g/mol. The van der Waals surface area contributed by atoms with Crippen LogP contribution in [0.25, 0.3) is 0 Å². The van der Waals surface area contributed by atoms with E-state index >= 15 is 0 Å². The molecule has 1 unspecified atom stereocenters. The molecule has 0 saturated heterocycles. The number of nitrogens with zero attached hydrogens (tertiary/aromatic N) is 1. The van der Waals surface area contributed by atoms with Crippen LogP contribution in [0.1, 0.15) is 19.4 Å². The highest BCUT2D eigenvalue weighted by atomic mass is 16.3. The van der Waals surface area contributed by atoms with E-state index in [2.05, 4.69) is 16.8 Å². The summed E-state index contributed by atoms with van der Waals surface area (Å²) in [7, 11) is 0. The number of aromatic nitrogens is 1. The fourth-order valence-electron chi connectivity index (χ4n) is 0.992. The second-order valence-corrected chi connectivity index (χ2v) is 2.68. The minimum atomic E-state index is -1.06. The van der Waals surface area contributed by atoms with Gasteiger partial charge in [0.25, 0.3) is 0 Å². The molecule has 0 amide bonds. The van der Waals surface area contributed by atoms with Crippen LogP contribution in [-0.4, -0.2) is 10.1 Å². The zero-order chi connectivity index (χ0) is 9.03. The molecule has 0 aliphatic rings. The van der Waals surface area contributed by atoms with Gasteiger partial charge in [-0.2, -0.15) is 0 Å². The number of hydrogen-bond acceptors (Lipinski definition) is 2. The predicted octanol–water partition coefficient (Wildman–Crippen LogP) is 1.31. The summed E-state index contributed by atoms with van der Waals surface area (Å²) in [6.07, 6.45) is 3.28. The average molecular weight is 161 g/mol. The summed E-state index contributed by atoms with van der Waals surface area (Å²) in [5.74, 6) is 5.40. The topological polar surface area (TPSA) is 33.1 Å². The highest BCUT2D eigenvalue weighted by molar-refractivity contribution is 5.28. The Morgan fingerprint density at radius 1 is 1.42 bits per heavy atom. The van der Waals surface area contributed by atoms with Crippen LogP contribution in [0, 0.1) is 11.8 Å². The van der Waals surface area contributed by atoms with Crippen LogP contribution in [0.5, 0.6) is 0 Å². The lowest BCUT2D eigenvalue weighted by Gasteiger charge is -2.15. The molecule has 0 spiro atoms. The first-order chi connectivity index (χ1) is 5.67. The van der Waals surface area contributed by atoms with E-state index in [1.54, 1.807) is 38.4 Å². The zero-order valence-electron chi connectivity index (χ0n) is 7.20. The summed E-state index contributed by atoms with van der Waals surface area (Å²) in [5.41, 5.74) is -0.288. The third kappa shape index (κ3) is 1.84. The Morgan fingerprint density at radius 2 is 2.00 bits per heavy atom. The molecule has 0 bridgehead atoms. The second kappa shape index (κ2) is 3.38. The van der Waals surface area contributed by atoms with Crippen molar-refractivity contribution in [3.05, 3.63) is 30.1 Å². The summed E-state index contributed by atoms with van der Waals surface area (Å²) in [4.78, 5) is 3.86. The fourth-order valence-corrected chi connectivity index (χ4v) is 0.992. The first-order valence-corrected chi connectivity index (χ1v) is 3.73. The van der Waals surface area contributed by atoms with Gasteiger partial charge in [-0.3, -0.25) is 4.98 Å². The van der Waals surface area contributed by atoms with Gasteiger partial charge in [0.2, 0.25) is 0 Å². The Morgan fingerprint density at radius 3 is 2.50 bits per heavy atom. The van der Waals surface area contributed by atoms with E-state index in [9.17, 15) is 5.11 Å². The minimum Gasteiger partial charge on any atom is -0.374 e. The quantitative estimate of drug-likeness (QED) is 0.630. The van der Waals surface area contributed by atoms with E-state index in [0.717, 1.165) is 5.56 Å². The largest absolute Gasteiger partial charge is 0.374 e. The molecule has 0 aliphatic carbocycles. The SMILES string of the molecule is CC#CC(C)(O)c1ccncc1. The van der Waals surface area contributed by atoms with Crippen molar-refractivity contribution in [1.29, 1.82) is 0 Å². The molecule has 12 heavy (non-hydrogen) atoms. The Labute approximate surface area is 72.3 Å². The lowest BCUT2D eigenvalue weighted by atomic mass is 9.98. The van der Waals surface area contributed by atoms with E-state index in [-0.39, 0.29) is 0 Å². The molecule has 0 radical (unpaired) electrons. The molecule has 1 heterocycles. The molecule has 0 aliphatic heterocycles. The van der Waals surface area contributed by atoms with Gasteiger partial charge in [-0.15, -0.1) is 5.92 Å². The van der Waals surface area contributed by atoms with Crippen LogP contribution in [-0.2, 0) is 5.60 Å². The fraction of sp³-hybridized carbons (Fsp3) is 0.300. The summed E-state index contributed by atoms with van der Waals surface area (Å²) < 4.78 is 0. The second-order valence-electron chi connectivity index (χ2n) is 2.68. The molecule has 1 N–H and O–H groups in total. The van der Waals surface area contributed by atoms with Crippen LogP contribution < -0.4 is 0 Å². The third-order valence-corrected chi connectivity index (χ3v) is 1.61. The van der Waals surface area contributed by atoms with Crippen LogP contribution in [0.2, 0.25) is 0 Å². The molecule has 1 rings (SSSR count). The van der Waals surface area contributed by atoms with Gasteiger partial charge in [-0.05, 0) is 31.5 Å². The Hall–Kier alpha value is -1.33. The van der Waals surface area contributed by atoms with E-state index in [0.29, 0.717) is 0 Å². The molecule has 0 saturated carbocycles. The van der Waals surface area contributed by atoms with Gasteiger partial charge in [0, 0.05) is 12.4 Å². The molecule has 1 aromatic rings. The maximum absolute atomic E-state index is 9.78. The van der Waals surface area contributed by atoms with Crippen LogP contribution in [0.4, 0.5) is 0 Å². The lowest BCUT2D eigenvalue weighted by molar-refractivity contribution is 0.122. The number of aliphatic hydroxyl groups is 1. The van der Waals surface area contributed by atoms with Crippen LogP contribution in [0.3, 0.4) is 0 Å². The standard InChI is InChI=1S/C10H11NO/c1-3-6-10(2,12)9-4-7-11-8-5-9/h4-5,7-8,12H,1-2H3. The molecule has 62 valence electrons. The zero-order valence-corrected chi connectivity index (χ0v) is 7.20. The van der Waals surface area contributed by atoms with Crippen molar-refractivity contribution in [3.63, 3.8) is 0 Å². The van der Waals surface area contributed by atoms with Gasteiger partial charge in [0.1, 0.15) is 5.60 Å². The highest BCUT2D eigenvalue weighted by Gasteiger charge is 2.18. The van der Waals surface area contributed by atoms with Gasteiger partial charge >= 0.3 is 0 Å². The van der Waals surface area contributed by atoms with Gasteiger partial charge < -0.3 is 5.11 Å². The van der Waals surface area contributed by atoms with E-state index in [4.69, 9.17) is 0 Å². The van der Waals surface area contributed by atoms with Gasteiger partial charge in [-0.25, -0.2) is 0 Å². The lowest BCUT2D eigenvalue weighted by Crippen LogP contribution is -2.18. The molecule has 0 fully saturated rings. The Bertz CT molecular complexity index is 306. The molecule has 2 nitrogen and oxygen atoms in total. The Kier molecular flexibility index (Phi) is 2.47. The maximum Gasteiger partial charge on any atom is 0.148 e. The van der Waals surface area contributed by atoms with Crippen LogP contribution in [0.15, 0.2) is 24.5 Å². The van der Waals surface area contributed by atoms with Gasteiger partial charge in [0.05, 0.1) is 0 Å². The Balaban J connectivity index is 3.03.